The van der Waals surface area contributed by atoms with Crippen molar-refractivity contribution in [3.63, 3.8) is 0 Å². The van der Waals surface area contributed by atoms with Crippen molar-refractivity contribution in [2.75, 3.05) is 5.01 Å². The zero-order valence-corrected chi connectivity index (χ0v) is 21.3. The van der Waals surface area contributed by atoms with Crippen molar-refractivity contribution in [1.82, 2.24) is 9.78 Å². The van der Waals surface area contributed by atoms with Gasteiger partial charge in [0.1, 0.15) is 10.1 Å². The van der Waals surface area contributed by atoms with E-state index in [0.29, 0.717) is 5.69 Å². The molecule has 3 aromatic rings. The lowest BCUT2D eigenvalue weighted by molar-refractivity contribution is -0.129. The molecule has 1 aliphatic heterocycles. The Bertz CT molecular complexity index is 1810. The summed E-state index contributed by atoms with van der Waals surface area (Å²) in [5.41, 5.74) is -0.549. The molecule has 0 radical (unpaired) electrons. The Hall–Kier alpha value is -5.34. The molecular formula is C26H19N4O9S-. The van der Waals surface area contributed by atoms with Gasteiger partial charge in [-0.3, -0.25) is 14.7 Å². The second-order valence-electron chi connectivity index (χ2n) is 8.32. The van der Waals surface area contributed by atoms with Gasteiger partial charge in [0.05, 0.1) is 27.4 Å². The molecule has 1 aliphatic rings. The molecule has 13 nitrogen and oxygen atoms in total. The summed E-state index contributed by atoms with van der Waals surface area (Å²) in [6.45, 7) is 1.86. The Labute approximate surface area is 226 Å². The van der Waals surface area contributed by atoms with Crippen LogP contribution in [0.5, 0.6) is 0 Å². The van der Waals surface area contributed by atoms with Gasteiger partial charge >= 0.3 is 11.9 Å². The van der Waals surface area contributed by atoms with E-state index in [1.165, 1.54) is 24.3 Å². The normalized spacial score (nSPS) is 14.9. The highest BCUT2D eigenvalue weighted by Gasteiger charge is 2.34. The molecule has 0 fully saturated rings. The number of amides is 1. The van der Waals surface area contributed by atoms with Crippen LogP contribution in [-0.4, -0.2) is 56.5 Å². The molecule has 1 amide bonds. The van der Waals surface area contributed by atoms with Gasteiger partial charge in [-0.05, 0) is 55.5 Å². The van der Waals surface area contributed by atoms with Crippen molar-refractivity contribution < 1.29 is 37.6 Å². The van der Waals surface area contributed by atoms with E-state index in [4.69, 9.17) is 0 Å². The van der Waals surface area contributed by atoms with Crippen LogP contribution >= 0.6 is 0 Å². The van der Waals surface area contributed by atoms with Gasteiger partial charge in [-0.25, -0.2) is 22.7 Å². The summed E-state index contributed by atoms with van der Waals surface area (Å²) in [6.07, 6.45) is 6.40. The fraction of sp³-hybridized carbons (Fsp3) is 0.0385. The van der Waals surface area contributed by atoms with E-state index in [9.17, 15) is 42.4 Å². The lowest BCUT2D eigenvalue weighted by atomic mass is 10.1. The number of anilines is 1. The van der Waals surface area contributed by atoms with Gasteiger partial charge in [0.25, 0.3) is 11.5 Å². The van der Waals surface area contributed by atoms with E-state index in [0.717, 1.165) is 45.6 Å². The molecule has 3 N–H and O–H groups in total. The smallest absolute Gasteiger partial charge is 0.357 e. The minimum absolute atomic E-state index is 0.0296. The molecule has 40 heavy (non-hydrogen) atoms. The number of nitrogens with zero attached hydrogens (tertiary/aromatic N) is 3. The third-order valence-corrected chi connectivity index (χ3v) is 6.48. The zero-order valence-electron chi connectivity index (χ0n) is 20.5. The van der Waals surface area contributed by atoms with Crippen LogP contribution in [0.4, 0.5) is 5.69 Å². The number of hydrogen-bond donors (Lipinski definition) is 3. The van der Waals surface area contributed by atoms with Crippen LogP contribution in [0.2, 0.25) is 0 Å². The van der Waals surface area contributed by atoms with E-state index in [-0.39, 0.29) is 22.5 Å². The summed E-state index contributed by atoms with van der Waals surface area (Å²) >= 11 is 0. The van der Waals surface area contributed by atoms with Crippen molar-refractivity contribution in [2.24, 2.45) is 5.10 Å². The maximum atomic E-state index is 12.9. The Morgan fingerprint density at radius 2 is 1.55 bits per heavy atom. The third-order valence-electron chi connectivity index (χ3n) is 5.63. The summed E-state index contributed by atoms with van der Waals surface area (Å²) in [6, 6.07) is 11.0. The molecule has 1 aromatic heterocycles. The number of carboxylic acid groups (broad SMARTS) is 2. The highest BCUT2D eigenvalue weighted by Crippen LogP contribution is 2.25. The Morgan fingerprint density at radius 3 is 2.12 bits per heavy atom. The quantitative estimate of drug-likeness (QED) is 0.208. The Kier molecular flexibility index (Phi) is 7.48. The van der Waals surface area contributed by atoms with Gasteiger partial charge in [-0.2, -0.15) is 10.1 Å². The molecule has 0 aliphatic carbocycles. The molecular weight excluding hydrogens is 544 g/mol. The number of nitrogens with one attached hydrogen (secondary N) is 1. The average Bonchev–Trinajstić information content (AvgIpc) is 3.41. The van der Waals surface area contributed by atoms with E-state index in [1.807, 2.05) is 6.92 Å². The Balaban J connectivity index is 1.59. The first-order valence-electron chi connectivity index (χ1n) is 11.3. The van der Waals surface area contributed by atoms with Crippen LogP contribution < -0.4 is 10.6 Å². The number of hydrogen-bond acceptors (Lipinski definition) is 8. The van der Waals surface area contributed by atoms with Gasteiger partial charge in [0.15, 0.2) is 11.4 Å². The monoisotopic (exact) mass is 563 g/mol. The molecule has 0 saturated heterocycles. The van der Waals surface area contributed by atoms with Crippen molar-refractivity contribution in [1.29, 1.82) is 0 Å². The molecule has 0 spiro atoms. The van der Waals surface area contributed by atoms with Crippen molar-refractivity contribution >= 4 is 45.4 Å². The summed E-state index contributed by atoms with van der Waals surface area (Å²) in [4.78, 5) is 48.5. The first kappa shape index (κ1) is 27.7. The molecule has 0 bridgehead atoms. The summed E-state index contributed by atoms with van der Waals surface area (Å²) in [5, 5.41) is 26.1. The SMILES string of the molecule is Cc1ccc(-n2[nH]c(C(=O)O)c(/C=C/C=C/C=C3\C(=O)N(c4ccc(S(=O)(=O)[O-])cc4)N=C3C(=O)O)c2=O)cc1. The number of aromatic carboxylic acids is 1. The molecule has 2 heterocycles. The van der Waals surface area contributed by atoms with Crippen molar-refractivity contribution in [3.05, 3.63) is 106 Å². The average molecular weight is 564 g/mol. The van der Waals surface area contributed by atoms with Crippen molar-refractivity contribution in [2.45, 2.75) is 11.8 Å². The second-order valence-corrected chi connectivity index (χ2v) is 9.70. The number of carbonyl (C=O) groups is 3. The lowest BCUT2D eigenvalue weighted by Gasteiger charge is -2.13. The fourth-order valence-electron chi connectivity index (χ4n) is 3.66. The number of hydrazone groups is 1. The second kappa shape index (κ2) is 10.8. The topological polar surface area (TPSA) is 202 Å². The largest absolute Gasteiger partial charge is 0.744 e. The molecule has 2 aromatic carbocycles. The first-order chi connectivity index (χ1) is 18.9. The minimum Gasteiger partial charge on any atom is -0.744 e. The first-order valence-corrected chi connectivity index (χ1v) is 12.7. The number of aliphatic carboxylic acids is 1. The number of rotatable bonds is 8. The van der Waals surface area contributed by atoms with Gasteiger partial charge in [-0.1, -0.05) is 35.9 Å². The number of benzene rings is 2. The van der Waals surface area contributed by atoms with Gasteiger partial charge in [-0.15, -0.1) is 0 Å². The minimum atomic E-state index is -4.72. The molecule has 4 rings (SSSR count). The summed E-state index contributed by atoms with van der Waals surface area (Å²) in [7, 11) is -4.72. The van der Waals surface area contributed by atoms with E-state index < -0.39 is 44.1 Å². The number of carboxylic acids is 2. The van der Waals surface area contributed by atoms with Crippen LogP contribution in [0.1, 0.15) is 21.6 Å². The number of aromatic amines is 1. The van der Waals surface area contributed by atoms with Gasteiger partial charge < -0.3 is 14.8 Å². The standard InChI is InChI=1S/C26H20N4O9S/c1-15-7-9-16(10-8-15)29-23(31)19(21(27-29)25(33)34)5-3-2-4-6-20-22(26(35)36)28-30(24(20)32)17-11-13-18(14-12-17)40(37,38)39/h2-14,27H,1H3,(H,33,34)(H,35,36)(H,37,38,39)/p-1/b4-2+,5-3+,20-6-. The number of carbonyl (C=O) groups excluding carboxylic acids is 1. The summed E-state index contributed by atoms with van der Waals surface area (Å²) < 4.78 is 34.5. The number of H-pyrrole nitrogens is 1. The predicted octanol–water partition coefficient (Wildman–Crippen LogP) is 2.06. The molecule has 0 atom stereocenters. The molecule has 0 unspecified atom stereocenters. The maximum Gasteiger partial charge on any atom is 0.357 e. The molecule has 204 valence electrons. The number of allylic oxidation sites excluding steroid dienone is 4. The van der Waals surface area contributed by atoms with Crippen LogP contribution in [0.25, 0.3) is 11.8 Å². The number of aromatic nitrogens is 2. The van der Waals surface area contributed by atoms with E-state index >= 15 is 0 Å². The molecule has 14 heteroatoms. The lowest BCUT2D eigenvalue weighted by Crippen LogP contribution is -2.22. The van der Waals surface area contributed by atoms with E-state index in [2.05, 4.69) is 10.2 Å². The molecule has 0 saturated carbocycles. The highest BCUT2D eigenvalue weighted by molar-refractivity contribution is 7.85. The van der Waals surface area contributed by atoms with Crippen LogP contribution in [0.15, 0.2) is 93.2 Å². The van der Waals surface area contributed by atoms with Gasteiger partial charge in [0, 0.05) is 0 Å². The number of aryl methyl sites for hydroxylation is 1. The third kappa shape index (κ3) is 5.57. The van der Waals surface area contributed by atoms with Gasteiger partial charge in [0.2, 0.25) is 0 Å². The van der Waals surface area contributed by atoms with E-state index in [1.54, 1.807) is 24.3 Å². The maximum absolute atomic E-state index is 12.9. The Morgan fingerprint density at radius 1 is 0.925 bits per heavy atom. The van der Waals surface area contributed by atoms with Crippen LogP contribution in [-0.2, 0) is 19.7 Å². The van der Waals surface area contributed by atoms with Crippen LogP contribution in [0.3, 0.4) is 0 Å². The zero-order chi connectivity index (χ0) is 29.2. The summed E-state index contributed by atoms with van der Waals surface area (Å²) in [5.74, 6) is -3.68. The fourth-order valence-corrected chi connectivity index (χ4v) is 4.13. The van der Waals surface area contributed by atoms with Crippen molar-refractivity contribution in [3.8, 4) is 5.69 Å². The van der Waals surface area contributed by atoms with Crippen LogP contribution in [0, 0.1) is 6.92 Å². The highest BCUT2D eigenvalue weighted by atomic mass is 32.2. The predicted molar refractivity (Wildman–Crippen MR) is 141 cm³/mol.